The van der Waals surface area contributed by atoms with Crippen LogP contribution in [0, 0.1) is 11.3 Å². The Morgan fingerprint density at radius 3 is 2.04 bits per heavy atom. The summed E-state index contributed by atoms with van der Waals surface area (Å²) in [5.74, 6) is 0.615. The smallest absolute Gasteiger partial charge is 0.245 e. The van der Waals surface area contributed by atoms with Gasteiger partial charge in [0.05, 0.1) is 16.7 Å². The van der Waals surface area contributed by atoms with E-state index in [9.17, 15) is 10.1 Å². The molecule has 27 heavy (non-hydrogen) atoms. The van der Waals surface area contributed by atoms with Crippen molar-refractivity contribution in [1.29, 1.82) is 5.26 Å². The predicted molar refractivity (Wildman–Crippen MR) is 110 cm³/mol. The number of hydrogen-bond donors (Lipinski definition) is 1. The molecule has 5 heteroatoms. The second-order valence-corrected chi connectivity index (χ2v) is 7.91. The molecule has 2 aromatic carbocycles. The molecule has 1 aliphatic heterocycles. The highest BCUT2D eigenvalue weighted by molar-refractivity contribution is 8.03. The maximum atomic E-state index is 13.3. The minimum atomic E-state index is -1.11. The lowest BCUT2D eigenvalue weighted by Crippen LogP contribution is -2.39. The highest BCUT2D eigenvalue weighted by Gasteiger charge is 2.52. The van der Waals surface area contributed by atoms with Crippen molar-refractivity contribution in [3.8, 4) is 6.07 Å². The Hall–Kier alpha value is -2.55. The van der Waals surface area contributed by atoms with Crippen molar-refractivity contribution in [3.63, 3.8) is 0 Å². The quantitative estimate of drug-likeness (QED) is 0.837. The van der Waals surface area contributed by atoms with E-state index in [1.54, 1.807) is 0 Å². The van der Waals surface area contributed by atoms with Gasteiger partial charge in [-0.3, -0.25) is 4.79 Å². The monoisotopic (exact) mass is 377 g/mol. The lowest BCUT2D eigenvalue weighted by Gasteiger charge is -2.28. The van der Waals surface area contributed by atoms with Gasteiger partial charge in [0, 0.05) is 11.8 Å². The molecule has 1 amide bonds. The molecule has 0 saturated carbocycles. The third-order valence-corrected chi connectivity index (χ3v) is 6.29. The van der Waals surface area contributed by atoms with Crippen molar-refractivity contribution in [2.24, 2.45) is 0 Å². The summed E-state index contributed by atoms with van der Waals surface area (Å²) in [4.78, 5) is 15.5. The van der Waals surface area contributed by atoms with E-state index in [0.717, 1.165) is 16.9 Å². The minimum absolute atomic E-state index is 0.170. The van der Waals surface area contributed by atoms with Crippen molar-refractivity contribution >= 4 is 17.7 Å². The Labute approximate surface area is 164 Å². The standard InChI is InChI=1S/C22H23N3OS/c1-16(25(2)3)15-27-20-19(14-23)22(21(26)24-20,17-10-6-4-7-11-17)18-12-8-5-9-13-18/h4-13,16H,15H2,1-3H3,(H,24,26). The zero-order valence-corrected chi connectivity index (χ0v) is 16.6. The first-order valence-corrected chi connectivity index (χ1v) is 9.87. The minimum Gasteiger partial charge on any atom is -0.318 e. The fraction of sp³-hybridized carbons (Fsp3) is 0.273. The third-order valence-electron chi connectivity index (χ3n) is 5.05. The second kappa shape index (κ2) is 7.99. The van der Waals surface area contributed by atoms with Gasteiger partial charge < -0.3 is 10.2 Å². The molecule has 2 aromatic rings. The first-order valence-electron chi connectivity index (χ1n) is 8.88. The molecule has 0 aliphatic carbocycles. The Morgan fingerprint density at radius 2 is 1.59 bits per heavy atom. The molecule has 0 fully saturated rings. The van der Waals surface area contributed by atoms with Crippen LogP contribution in [0.2, 0.25) is 0 Å². The zero-order valence-electron chi connectivity index (χ0n) is 15.8. The van der Waals surface area contributed by atoms with Gasteiger partial charge in [-0.2, -0.15) is 5.26 Å². The second-order valence-electron chi connectivity index (χ2n) is 6.88. The Kier molecular flexibility index (Phi) is 5.69. The number of thioether (sulfide) groups is 1. The maximum absolute atomic E-state index is 13.3. The number of amides is 1. The summed E-state index contributed by atoms with van der Waals surface area (Å²) < 4.78 is 0. The van der Waals surface area contributed by atoms with Crippen LogP contribution in [0.15, 0.2) is 71.3 Å². The van der Waals surface area contributed by atoms with E-state index in [1.165, 1.54) is 11.8 Å². The van der Waals surface area contributed by atoms with Gasteiger partial charge in [0.15, 0.2) is 0 Å². The molecule has 0 radical (unpaired) electrons. The molecule has 1 aliphatic rings. The van der Waals surface area contributed by atoms with Gasteiger partial charge in [0.25, 0.3) is 0 Å². The predicted octanol–water partition coefficient (Wildman–Crippen LogP) is 3.52. The van der Waals surface area contributed by atoms with E-state index in [4.69, 9.17) is 0 Å². The molecular weight excluding hydrogens is 354 g/mol. The van der Waals surface area contributed by atoms with Crippen LogP contribution >= 0.6 is 11.8 Å². The van der Waals surface area contributed by atoms with Crippen LogP contribution in [-0.4, -0.2) is 36.7 Å². The third kappa shape index (κ3) is 3.39. The number of benzene rings is 2. The van der Waals surface area contributed by atoms with Crippen molar-refractivity contribution in [2.75, 3.05) is 19.8 Å². The van der Waals surface area contributed by atoms with Crippen LogP contribution < -0.4 is 5.32 Å². The molecule has 1 unspecified atom stereocenters. The number of rotatable bonds is 6. The van der Waals surface area contributed by atoms with Crippen molar-refractivity contribution in [3.05, 3.63) is 82.4 Å². The van der Waals surface area contributed by atoms with E-state index in [1.807, 2.05) is 74.8 Å². The van der Waals surface area contributed by atoms with Gasteiger partial charge in [-0.1, -0.05) is 60.7 Å². The summed E-state index contributed by atoms with van der Waals surface area (Å²) in [5.41, 5.74) is 0.977. The van der Waals surface area contributed by atoms with E-state index in [2.05, 4.69) is 23.2 Å². The molecule has 138 valence electrons. The van der Waals surface area contributed by atoms with Gasteiger partial charge in [0.1, 0.15) is 5.41 Å². The van der Waals surface area contributed by atoms with Crippen molar-refractivity contribution < 1.29 is 4.79 Å². The summed E-state index contributed by atoms with van der Waals surface area (Å²) in [6, 6.07) is 21.8. The SMILES string of the molecule is CC(CSC1=C(C#N)C(c2ccccc2)(c2ccccc2)C(=O)N1)N(C)C. The van der Waals surface area contributed by atoms with Gasteiger partial charge in [-0.05, 0) is 32.1 Å². The Balaban J connectivity index is 2.15. The molecule has 1 heterocycles. The lowest BCUT2D eigenvalue weighted by atomic mass is 9.70. The van der Waals surface area contributed by atoms with Crippen molar-refractivity contribution in [1.82, 2.24) is 10.2 Å². The molecule has 0 saturated heterocycles. The molecule has 1 N–H and O–H groups in total. The van der Waals surface area contributed by atoms with Crippen LogP contribution in [0.3, 0.4) is 0 Å². The van der Waals surface area contributed by atoms with Gasteiger partial charge >= 0.3 is 0 Å². The average Bonchev–Trinajstić information content (AvgIpc) is 2.99. The van der Waals surface area contributed by atoms with Gasteiger partial charge in [0.2, 0.25) is 5.91 Å². The maximum Gasteiger partial charge on any atom is 0.245 e. The number of hydrogen-bond acceptors (Lipinski definition) is 4. The summed E-state index contributed by atoms with van der Waals surface area (Å²) >= 11 is 1.53. The molecule has 4 nitrogen and oxygen atoms in total. The summed E-state index contributed by atoms with van der Waals surface area (Å²) in [7, 11) is 4.05. The van der Waals surface area contributed by atoms with E-state index in [0.29, 0.717) is 16.6 Å². The average molecular weight is 378 g/mol. The fourth-order valence-electron chi connectivity index (χ4n) is 3.23. The van der Waals surface area contributed by atoms with E-state index >= 15 is 0 Å². The Bertz CT molecular complexity index is 845. The van der Waals surface area contributed by atoms with Crippen LogP contribution in [0.25, 0.3) is 0 Å². The van der Waals surface area contributed by atoms with Gasteiger partial charge in [-0.15, -0.1) is 11.8 Å². The lowest BCUT2D eigenvalue weighted by molar-refractivity contribution is -0.122. The van der Waals surface area contributed by atoms with Crippen LogP contribution in [0.5, 0.6) is 0 Å². The summed E-state index contributed by atoms with van der Waals surface area (Å²) in [5, 5.41) is 13.7. The van der Waals surface area contributed by atoms with Crippen molar-refractivity contribution in [2.45, 2.75) is 18.4 Å². The first kappa shape index (κ1) is 19.2. The number of carbonyl (C=O) groups excluding carboxylic acids is 1. The number of carbonyl (C=O) groups is 1. The van der Waals surface area contributed by atoms with Crippen LogP contribution in [0.4, 0.5) is 0 Å². The number of nitrogens with zero attached hydrogens (tertiary/aromatic N) is 2. The summed E-state index contributed by atoms with van der Waals surface area (Å²) in [6.45, 7) is 2.12. The van der Waals surface area contributed by atoms with Crippen LogP contribution in [0.1, 0.15) is 18.1 Å². The molecule has 3 rings (SSSR count). The zero-order chi connectivity index (χ0) is 19.4. The molecule has 0 spiro atoms. The van der Waals surface area contributed by atoms with Crippen LogP contribution in [-0.2, 0) is 10.2 Å². The van der Waals surface area contributed by atoms with E-state index in [-0.39, 0.29) is 5.91 Å². The molecular formula is C22H23N3OS. The highest BCUT2D eigenvalue weighted by Crippen LogP contribution is 2.46. The van der Waals surface area contributed by atoms with E-state index < -0.39 is 5.41 Å². The highest BCUT2D eigenvalue weighted by atomic mass is 32.2. The first-order chi connectivity index (χ1) is 13.0. The normalized spacial score (nSPS) is 16.9. The fourth-order valence-corrected chi connectivity index (χ4v) is 4.45. The topological polar surface area (TPSA) is 56.1 Å². The number of nitriles is 1. The molecule has 0 bridgehead atoms. The molecule has 0 aromatic heterocycles. The van der Waals surface area contributed by atoms with Gasteiger partial charge in [-0.25, -0.2) is 0 Å². The largest absolute Gasteiger partial charge is 0.318 e. The Morgan fingerprint density at radius 1 is 1.07 bits per heavy atom. The molecule has 1 atom stereocenters. The number of nitrogens with one attached hydrogen (secondary N) is 1. The summed E-state index contributed by atoms with van der Waals surface area (Å²) in [6.07, 6.45) is 0.